The molecule has 0 radical (unpaired) electrons. The first-order valence-corrected chi connectivity index (χ1v) is 8.99. The van der Waals surface area contributed by atoms with Gasteiger partial charge in [-0.1, -0.05) is 0 Å². The Hall–Kier alpha value is -2.22. The van der Waals surface area contributed by atoms with Crippen LogP contribution in [0, 0.1) is 0 Å². The van der Waals surface area contributed by atoms with Crippen LogP contribution in [-0.4, -0.2) is 19.5 Å². The summed E-state index contributed by atoms with van der Waals surface area (Å²) in [5.74, 6) is 2.04. The minimum absolute atomic E-state index is 0.300. The Kier molecular flexibility index (Phi) is 2.46. The molecule has 0 aliphatic carbocycles. The van der Waals surface area contributed by atoms with Crippen molar-refractivity contribution in [2.75, 3.05) is 0 Å². The van der Waals surface area contributed by atoms with Crippen molar-refractivity contribution in [3.05, 3.63) is 60.7 Å². The Morgan fingerprint density at radius 3 is 2.59 bits per heavy atom. The molecule has 3 aromatic carbocycles. The van der Waals surface area contributed by atoms with Crippen LogP contribution < -0.4 is 13.7 Å². The van der Waals surface area contributed by atoms with Gasteiger partial charge < -0.3 is 0 Å². The van der Waals surface area contributed by atoms with Gasteiger partial charge in [-0.15, -0.1) is 0 Å². The van der Waals surface area contributed by atoms with Gasteiger partial charge >= 0.3 is 134 Å². The number of para-hydroxylation sites is 2. The first-order chi connectivity index (χ1) is 10.8. The average molecular weight is 350 g/mol. The van der Waals surface area contributed by atoms with E-state index in [9.17, 15) is 0 Å². The van der Waals surface area contributed by atoms with Gasteiger partial charge in [-0.05, 0) is 0 Å². The van der Waals surface area contributed by atoms with E-state index in [-0.39, 0.29) is 0 Å². The molecule has 0 unspecified atom stereocenters. The number of benzene rings is 3. The van der Waals surface area contributed by atoms with Crippen molar-refractivity contribution in [1.82, 2.24) is 4.57 Å². The van der Waals surface area contributed by atoms with Gasteiger partial charge in [0, 0.05) is 0 Å². The maximum atomic E-state index is 6.30. The summed E-state index contributed by atoms with van der Waals surface area (Å²) in [5.41, 5.74) is 2.45. The Morgan fingerprint density at radius 2 is 1.64 bits per heavy atom. The standard InChI is InChI=1S/C19H13NOSe/c1-20-14-7-3-2-6-12(14)13-10-11-17-19(18(13)20)21-15-8-4-5-9-16(15)22-17/h2-11H,1H3. The van der Waals surface area contributed by atoms with Crippen LogP contribution in [0.15, 0.2) is 60.7 Å². The van der Waals surface area contributed by atoms with Crippen LogP contribution in [0.4, 0.5) is 0 Å². The first kappa shape index (κ1) is 12.3. The van der Waals surface area contributed by atoms with E-state index in [1.54, 1.807) is 0 Å². The van der Waals surface area contributed by atoms with Crippen molar-refractivity contribution < 1.29 is 4.74 Å². The average Bonchev–Trinajstić information content (AvgIpc) is 2.87. The zero-order chi connectivity index (χ0) is 14.7. The van der Waals surface area contributed by atoms with E-state index in [0.29, 0.717) is 15.0 Å². The van der Waals surface area contributed by atoms with Crippen molar-refractivity contribution in [2.24, 2.45) is 7.05 Å². The Morgan fingerprint density at radius 1 is 0.818 bits per heavy atom. The number of rotatable bonds is 0. The fourth-order valence-corrected chi connectivity index (χ4v) is 5.26. The summed E-state index contributed by atoms with van der Waals surface area (Å²) in [6.45, 7) is 0. The molecule has 1 aliphatic heterocycles. The van der Waals surface area contributed by atoms with Crippen LogP contribution >= 0.6 is 0 Å². The van der Waals surface area contributed by atoms with Gasteiger partial charge in [-0.25, -0.2) is 0 Å². The van der Waals surface area contributed by atoms with E-state index >= 15 is 0 Å². The van der Waals surface area contributed by atoms with Crippen molar-refractivity contribution in [1.29, 1.82) is 0 Å². The van der Waals surface area contributed by atoms with Gasteiger partial charge in [0.15, 0.2) is 0 Å². The van der Waals surface area contributed by atoms with Gasteiger partial charge in [-0.3, -0.25) is 0 Å². The van der Waals surface area contributed by atoms with Crippen LogP contribution in [-0.2, 0) is 7.05 Å². The van der Waals surface area contributed by atoms with Crippen LogP contribution in [0.2, 0.25) is 0 Å². The fraction of sp³-hybridized carbons (Fsp3) is 0.0526. The van der Waals surface area contributed by atoms with Gasteiger partial charge in [0.05, 0.1) is 0 Å². The van der Waals surface area contributed by atoms with E-state index in [1.807, 2.05) is 6.07 Å². The van der Waals surface area contributed by atoms with Gasteiger partial charge in [-0.2, -0.15) is 0 Å². The molecule has 5 rings (SSSR count). The number of nitrogens with zero attached hydrogens (tertiary/aromatic N) is 1. The Balaban J connectivity index is 1.87. The second-order valence-electron chi connectivity index (χ2n) is 5.52. The molecule has 2 heterocycles. The molecule has 4 aromatic rings. The summed E-state index contributed by atoms with van der Waals surface area (Å²) in [6, 6.07) is 21.4. The monoisotopic (exact) mass is 351 g/mol. The zero-order valence-electron chi connectivity index (χ0n) is 12.0. The third kappa shape index (κ3) is 1.55. The van der Waals surface area contributed by atoms with E-state index in [2.05, 4.69) is 66.2 Å². The third-order valence-corrected chi connectivity index (χ3v) is 6.57. The van der Waals surface area contributed by atoms with Crippen molar-refractivity contribution in [3.63, 3.8) is 0 Å². The van der Waals surface area contributed by atoms with Gasteiger partial charge in [0.2, 0.25) is 0 Å². The van der Waals surface area contributed by atoms with Crippen LogP contribution in [0.25, 0.3) is 21.8 Å². The molecule has 0 spiro atoms. The quantitative estimate of drug-likeness (QED) is 0.392. The van der Waals surface area contributed by atoms with Crippen molar-refractivity contribution in [2.45, 2.75) is 0 Å². The normalized spacial score (nSPS) is 13.0. The number of hydrogen-bond acceptors (Lipinski definition) is 1. The Bertz CT molecular complexity index is 1050. The number of aromatic nitrogens is 1. The molecule has 0 saturated heterocycles. The molecule has 1 aliphatic rings. The number of hydrogen-bond donors (Lipinski definition) is 0. The predicted octanol–water partition coefficient (Wildman–Crippen LogP) is 3.09. The summed E-state index contributed by atoms with van der Waals surface area (Å²) in [6.07, 6.45) is 0. The van der Waals surface area contributed by atoms with Gasteiger partial charge in [0.25, 0.3) is 0 Å². The topological polar surface area (TPSA) is 14.2 Å². The molecule has 106 valence electrons. The first-order valence-electron chi connectivity index (χ1n) is 7.28. The molecule has 0 saturated carbocycles. The molecule has 2 nitrogen and oxygen atoms in total. The molecule has 22 heavy (non-hydrogen) atoms. The molecule has 0 bridgehead atoms. The van der Waals surface area contributed by atoms with Crippen molar-refractivity contribution >= 4 is 45.7 Å². The number of ether oxygens (including phenoxy) is 1. The SMILES string of the molecule is Cn1c2ccccc2c2ccc3c(c21)Oc1ccccc1[Se]3. The zero-order valence-corrected chi connectivity index (χ0v) is 13.8. The van der Waals surface area contributed by atoms with E-state index in [1.165, 1.54) is 30.7 Å². The summed E-state index contributed by atoms with van der Waals surface area (Å²) < 4.78 is 11.2. The van der Waals surface area contributed by atoms with Crippen LogP contribution in [0.1, 0.15) is 0 Å². The summed E-state index contributed by atoms with van der Waals surface area (Å²) in [7, 11) is 2.13. The molecular formula is C19H13NOSe. The molecule has 0 N–H and O–H groups in total. The fourth-order valence-electron chi connectivity index (χ4n) is 3.24. The molecular weight excluding hydrogens is 337 g/mol. The van der Waals surface area contributed by atoms with E-state index in [0.717, 1.165) is 11.5 Å². The molecule has 0 fully saturated rings. The summed E-state index contributed by atoms with van der Waals surface area (Å²) in [4.78, 5) is 0. The second-order valence-corrected chi connectivity index (χ2v) is 7.79. The Labute approximate surface area is 134 Å². The second kappa shape index (κ2) is 4.39. The third-order valence-electron chi connectivity index (χ3n) is 4.27. The maximum absolute atomic E-state index is 6.30. The minimum atomic E-state index is 0.300. The summed E-state index contributed by atoms with van der Waals surface area (Å²) in [5, 5.41) is 2.56. The predicted molar refractivity (Wildman–Crippen MR) is 92.0 cm³/mol. The van der Waals surface area contributed by atoms with Gasteiger partial charge in [0.1, 0.15) is 0 Å². The molecule has 0 atom stereocenters. The molecule has 3 heteroatoms. The molecule has 0 amide bonds. The molecule has 1 aromatic heterocycles. The number of fused-ring (bicyclic) bond motifs is 6. The summed E-state index contributed by atoms with van der Waals surface area (Å²) >= 11 is 0.300. The van der Waals surface area contributed by atoms with Crippen molar-refractivity contribution in [3.8, 4) is 11.5 Å². The van der Waals surface area contributed by atoms with Crippen LogP contribution in [0.3, 0.4) is 0 Å². The number of aryl methyl sites for hydroxylation is 1. The van der Waals surface area contributed by atoms with Crippen LogP contribution in [0.5, 0.6) is 11.5 Å². The van der Waals surface area contributed by atoms with E-state index < -0.39 is 0 Å². The van der Waals surface area contributed by atoms with E-state index in [4.69, 9.17) is 4.74 Å².